The SMILES string of the molecule is CC=C(C)CCC1(C)C2CC3C(C2)C31C. The van der Waals surface area contributed by atoms with Gasteiger partial charge in [-0.1, -0.05) is 25.5 Å². The molecule has 4 bridgehead atoms. The highest BCUT2D eigenvalue weighted by Crippen LogP contribution is 2.87. The van der Waals surface area contributed by atoms with Gasteiger partial charge in [-0.2, -0.15) is 0 Å². The minimum absolute atomic E-state index is 0.687. The van der Waals surface area contributed by atoms with Crippen molar-refractivity contribution in [1.29, 1.82) is 0 Å². The first-order chi connectivity index (χ1) is 7.04. The van der Waals surface area contributed by atoms with E-state index in [2.05, 4.69) is 33.8 Å². The van der Waals surface area contributed by atoms with Crippen molar-refractivity contribution in [3.63, 3.8) is 0 Å². The third-order valence-corrected chi connectivity index (χ3v) is 6.66. The van der Waals surface area contributed by atoms with E-state index in [4.69, 9.17) is 0 Å². The molecule has 0 amide bonds. The normalized spacial score (nSPS) is 56.3. The van der Waals surface area contributed by atoms with Gasteiger partial charge >= 0.3 is 0 Å². The van der Waals surface area contributed by atoms with E-state index in [9.17, 15) is 0 Å². The fourth-order valence-corrected chi connectivity index (χ4v) is 5.11. The first kappa shape index (κ1) is 9.93. The van der Waals surface area contributed by atoms with Crippen LogP contribution in [0.5, 0.6) is 0 Å². The lowest BCUT2D eigenvalue weighted by Gasteiger charge is -2.34. The Balaban J connectivity index is 1.76. The third-order valence-electron chi connectivity index (χ3n) is 6.66. The number of rotatable bonds is 3. The second-order valence-corrected chi connectivity index (χ2v) is 6.72. The minimum Gasteiger partial charge on any atom is -0.0887 e. The molecule has 3 unspecified atom stereocenters. The second-order valence-electron chi connectivity index (χ2n) is 6.72. The number of hydrogen-bond acceptors (Lipinski definition) is 0. The maximum Gasteiger partial charge on any atom is -0.0207 e. The van der Waals surface area contributed by atoms with Gasteiger partial charge in [0.2, 0.25) is 0 Å². The Kier molecular flexibility index (Phi) is 1.79. The van der Waals surface area contributed by atoms with E-state index in [0.29, 0.717) is 5.41 Å². The third kappa shape index (κ3) is 0.946. The Bertz CT molecular complexity index is 313. The first-order valence-electron chi connectivity index (χ1n) is 6.66. The molecular formula is C15H24. The molecule has 4 fully saturated rings. The Morgan fingerprint density at radius 3 is 2.27 bits per heavy atom. The van der Waals surface area contributed by atoms with Gasteiger partial charge in [-0.25, -0.2) is 0 Å². The molecule has 4 aliphatic carbocycles. The van der Waals surface area contributed by atoms with Crippen molar-refractivity contribution in [2.45, 2.75) is 53.4 Å². The Labute approximate surface area is 94.1 Å². The van der Waals surface area contributed by atoms with Crippen LogP contribution in [0.15, 0.2) is 11.6 Å². The number of hydrogen-bond donors (Lipinski definition) is 0. The Morgan fingerprint density at radius 1 is 1.27 bits per heavy atom. The van der Waals surface area contributed by atoms with Crippen LogP contribution in [-0.2, 0) is 0 Å². The smallest absolute Gasteiger partial charge is 0.0207 e. The zero-order chi connectivity index (χ0) is 10.8. The predicted octanol–water partition coefficient (Wildman–Crippen LogP) is 4.42. The summed E-state index contributed by atoms with van der Waals surface area (Å²) in [6.07, 6.45) is 8.18. The van der Waals surface area contributed by atoms with Gasteiger partial charge in [0.25, 0.3) is 0 Å². The highest BCUT2D eigenvalue weighted by atomic mass is 14.8. The molecule has 0 aromatic rings. The largest absolute Gasteiger partial charge is 0.0887 e. The zero-order valence-electron chi connectivity index (χ0n) is 10.6. The van der Waals surface area contributed by atoms with Gasteiger partial charge in [-0.15, -0.1) is 0 Å². The molecule has 0 aromatic heterocycles. The standard InChI is InChI=1S/C15H24/c1-5-10(2)6-7-14(3)11-8-12-13(9-11)15(12,14)4/h5,11-13H,6-9H2,1-4H3. The van der Waals surface area contributed by atoms with Crippen LogP contribution >= 0.6 is 0 Å². The highest BCUT2D eigenvalue weighted by molar-refractivity contribution is 5.29. The molecule has 0 heteroatoms. The van der Waals surface area contributed by atoms with Gasteiger partial charge in [0, 0.05) is 0 Å². The molecule has 0 nitrogen and oxygen atoms in total. The van der Waals surface area contributed by atoms with Crippen LogP contribution in [0.25, 0.3) is 0 Å². The van der Waals surface area contributed by atoms with Gasteiger partial charge in [-0.05, 0) is 68.1 Å². The molecule has 0 aromatic carbocycles. The van der Waals surface area contributed by atoms with E-state index < -0.39 is 0 Å². The van der Waals surface area contributed by atoms with E-state index in [0.717, 1.165) is 23.2 Å². The number of allylic oxidation sites excluding steroid dienone is 2. The summed E-state index contributed by atoms with van der Waals surface area (Å²) in [5.74, 6) is 3.32. The highest BCUT2D eigenvalue weighted by Gasteiger charge is 2.80. The summed E-state index contributed by atoms with van der Waals surface area (Å²) in [4.78, 5) is 0. The van der Waals surface area contributed by atoms with E-state index in [-0.39, 0.29) is 0 Å². The molecule has 0 saturated heterocycles. The van der Waals surface area contributed by atoms with Crippen molar-refractivity contribution in [3.8, 4) is 0 Å². The van der Waals surface area contributed by atoms with Crippen LogP contribution < -0.4 is 0 Å². The van der Waals surface area contributed by atoms with Crippen molar-refractivity contribution < 1.29 is 0 Å². The summed E-state index contributed by atoms with van der Waals surface area (Å²) in [7, 11) is 0. The molecule has 0 heterocycles. The van der Waals surface area contributed by atoms with E-state index in [1.54, 1.807) is 18.4 Å². The summed E-state index contributed by atoms with van der Waals surface area (Å²) < 4.78 is 0. The summed E-state index contributed by atoms with van der Waals surface area (Å²) in [6.45, 7) is 9.64. The molecule has 0 aliphatic heterocycles. The van der Waals surface area contributed by atoms with Crippen molar-refractivity contribution >= 4 is 0 Å². The van der Waals surface area contributed by atoms with Crippen molar-refractivity contribution in [1.82, 2.24) is 0 Å². The lowest BCUT2D eigenvalue weighted by Crippen LogP contribution is -2.27. The molecule has 4 aliphatic rings. The summed E-state index contributed by atoms with van der Waals surface area (Å²) in [6, 6.07) is 0. The second kappa shape index (κ2) is 2.70. The molecule has 0 N–H and O–H groups in total. The molecule has 84 valence electrons. The molecule has 0 radical (unpaired) electrons. The van der Waals surface area contributed by atoms with Crippen LogP contribution in [0, 0.1) is 28.6 Å². The van der Waals surface area contributed by atoms with Gasteiger partial charge in [0.15, 0.2) is 0 Å². The van der Waals surface area contributed by atoms with Gasteiger partial charge in [0.05, 0.1) is 0 Å². The van der Waals surface area contributed by atoms with Crippen LogP contribution in [0.4, 0.5) is 0 Å². The van der Waals surface area contributed by atoms with Gasteiger partial charge in [0.1, 0.15) is 0 Å². The summed E-state index contributed by atoms with van der Waals surface area (Å²) in [5, 5.41) is 0. The van der Waals surface area contributed by atoms with Gasteiger partial charge in [-0.3, -0.25) is 0 Å². The molecule has 0 spiro atoms. The predicted molar refractivity (Wildman–Crippen MR) is 64.6 cm³/mol. The average molecular weight is 204 g/mol. The maximum atomic E-state index is 2.59. The monoisotopic (exact) mass is 204 g/mol. The van der Waals surface area contributed by atoms with Gasteiger partial charge < -0.3 is 0 Å². The molecule has 15 heavy (non-hydrogen) atoms. The van der Waals surface area contributed by atoms with Crippen LogP contribution in [0.2, 0.25) is 0 Å². The quantitative estimate of drug-likeness (QED) is 0.597. The lowest BCUT2D eigenvalue weighted by molar-refractivity contribution is 0.153. The van der Waals surface area contributed by atoms with Crippen LogP contribution in [0.1, 0.15) is 53.4 Å². The maximum absolute atomic E-state index is 2.59. The Hall–Kier alpha value is -0.260. The fourth-order valence-electron chi connectivity index (χ4n) is 5.11. The van der Waals surface area contributed by atoms with Crippen molar-refractivity contribution in [3.05, 3.63) is 11.6 Å². The van der Waals surface area contributed by atoms with Crippen molar-refractivity contribution in [2.24, 2.45) is 28.6 Å². The topological polar surface area (TPSA) is 0 Å². The molecule has 4 rings (SSSR count). The first-order valence-corrected chi connectivity index (χ1v) is 6.66. The average Bonchev–Trinajstić information content (AvgIpc) is 2.61. The minimum atomic E-state index is 0.687. The van der Waals surface area contributed by atoms with E-state index in [1.807, 2.05) is 0 Å². The van der Waals surface area contributed by atoms with Crippen LogP contribution in [-0.4, -0.2) is 0 Å². The Morgan fingerprint density at radius 2 is 1.87 bits per heavy atom. The van der Waals surface area contributed by atoms with Crippen molar-refractivity contribution in [2.75, 3.05) is 0 Å². The van der Waals surface area contributed by atoms with E-state index >= 15 is 0 Å². The lowest BCUT2D eigenvalue weighted by atomic mass is 9.70. The fraction of sp³-hybridized carbons (Fsp3) is 0.867. The van der Waals surface area contributed by atoms with E-state index in [1.165, 1.54) is 12.8 Å². The summed E-state index contributed by atoms with van der Waals surface area (Å²) in [5.41, 5.74) is 3.03. The summed E-state index contributed by atoms with van der Waals surface area (Å²) >= 11 is 0. The zero-order valence-corrected chi connectivity index (χ0v) is 10.6. The molecule has 3 atom stereocenters. The molecular weight excluding hydrogens is 180 g/mol. The molecule has 4 saturated carbocycles. The van der Waals surface area contributed by atoms with Crippen LogP contribution in [0.3, 0.4) is 0 Å².